The molecule has 2 saturated heterocycles. The lowest BCUT2D eigenvalue weighted by Gasteiger charge is -2.53. The average Bonchev–Trinajstić information content (AvgIpc) is 3.32. The van der Waals surface area contributed by atoms with Crippen molar-refractivity contribution >= 4 is 47.0 Å². The van der Waals surface area contributed by atoms with Gasteiger partial charge >= 0.3 is 5.97 Å². The summed E-state index contributed by atoms with van der Waals surface area (Å²) in [6.07, 6.45) is 1.49. The normalized spacial score (nSPS) is 23.0. The van der Waals surface area contributed by atoms with E-state index in [1.54, 1.807) is 31.3 Å². The van der Waals surface area contributed by atoms with Gasteiger partial charge in [0.15, 0.2) is 5.71 Å². The largest absolute Gasteiger partial charge is 0.497 e. The molecule has 2 aliphatic rings. The number of aliphatic carboxylic acids is 1. The van der Waals surface area contributed by atoms with E-state index in [4.69, 9.17) is 9.57 Å². The van der Waals surface area contributed by atoms with Crippen molar-refractivity contribution in [1.29, 1.82) is 0 Å². The number of ether oxygens (including phenoxy) is 1. The number of fused-ring (bicyclic) bond motifs is 1. The lowest BCUT2D eigenvalue weighted by Crippen LogP contribution is -2.74. The van der Waals surface area contributed by atoms with Crippen LogP contribution in [0.3, 0.4) is 0 Å². The molecule has 4 rings (SSSR count). The highest BCUT2D eigenvalue weighted by Crippen LogP contribution is 2.44. The quantitative estimate of drug-likeness (QED) is 0.1000. The maximum absolute atomic E-state index is 13.2. The van der Waals surface area contributed by atoms with Gasteiger partial charge in [0.2, 0.25) is 11.1 Å². The zero-order chi connectivity index (χ0) is 26.6. The monoisotopic (exact) mass is 547 g/mol. The van der Waals surface area contributed by atoms with Gasteiger partial charge in [-0.3, -0.25) is 14.4 Å². The number of rotatable bonds is 11. The molecule has 1 aromatic heterocycles. The molecule has 2 fully saturated rings. The number of methoxy groups -OCH3 is 1. The van der Waals surface area contributed by atoms with Crippen LogP contribution in [0.15, 0.2) is 47.2 Å². The first-order valence-corrected chi connectivity index (χ1v) is 13.1. The van der Waals surface area contributed by atoms with Crippen molar-refractivity contribution < 1.29 is 29.1 Å². The molecular formula is C22H25N7O6S2. The Morgan fingerprint density at radius 1 is 1.46 bits per heavy atom. The minimum atomic E-state index is -1.19. The first-order chi connectivity index (χ1) is 17.8. The molecule has 0 aliphatic carbocycles. The van der Waals surface area contributed by atoms with E-state index >= 15 is 0 Å². The maximum Gasteiger partial charge on any atom is 0.313 e. The summed E-state index contributed by atoms with van der Waals surface area (Å²) in [5, 5.41) is 28.0. The Morgan fingerprint density at radius 2 is 2.27 bits per heavy atom. The summed E-state index contributed by atoms with van der Waals surface area (Å²) in [5.74, 6) is -1.01. The van der Waals surface area contributed by atoms with Gasteiger partial charge in [0.1, 0.15) is 29.2 Å². The summed E-state index contributed by atoms with van der Waals surface area (Å²) in [7, 11) is 3.17. The van der Waals surface area contributed by atoms with E-state index in [2.05, 4.69) is 32.6 Å². The molecule has 13 nitrogen and oxygen atoms in total. The van der Waals surface area contributed by atoms with E-state index in [9.17, 15) is 19.5 Å². The summed E-state index contributed by atoms with van der Waals surface area (Å²) in [4.78, 5) is 45.1. The molecule has 15 heteroatoms. The third kappa shape index (κ3) is 5.41. The summed E-state index contributed by atoms with van der Waals surface area (Å²) in [6, 6.07) is 5.91. The van der Waals surface area contributed by atoms with Gasteiger partial charge in [-0.2, -0.15) is 0 Å². The van der Waals surface area contributed by atoms with Gasteiger partial charge in [-0.15, -0.1) is 16.9 Å². The van der Waals surface area contributed by atoms with Gasteiger partial charge < -0.3 is 24.9 Å². The molecule has 1 aromatic carbocycles. The Hall–Kier alpha value is -3.59. The zero-order valence-electron chi connectivity index (χ0n) is 20.1. The lowest BCUT2D eigenvalue weighted by atomic mass is 9.89. The molecule has 0 spiro atoms. The number of β-lactam (4-membered cyclic amide) rings is 1. The number of aromatic nitrogens is 4. The number of carbonyl (C=O) groups excluding carboxylic acids is 2. The van der Waals surface area contributed by atoms with Crippen molar-refractivity contribution in [3.05, 3.63) is 42.5 Å². The van der Waals surface area contributed by atoms with Crippen LogP contribution in [0.25, 0.3) is 0 Å². The highest BCUT2D eigenvalue weighted by Gasteiger charge is 2.57. The first kappa shape index (κ1) is 26.5. The minimum absolute atomic E-state index is 0.0166. The van der Waals surface area contributed by atoms with Gasteiger partial charge in [-0.25, -0.2) is 4.68 Å². The molecule has 2 amide bonds. The topological polar surface area (TPSA) is 161 Å². The number of nitrogens with zero attached hydrogens (tertiary/aromatic N) is 6. The smallest absolute Gasteiger partial charge is 0.313 e. The maximum atomic E-state index is 13.2. The molecule has 2 unspecified atom stereocenters. The van der Waals surface area contributed by atoms with Crippen molar-refractivity contribution in [2.24, 2.45) is 17.6 Å². The van der Waals surface area contributed by atoms with E-state index in [1.807, 2.05) is 0 Å². The molecule has 0 bridgehead atoms. The van der Waals surface area contributed by atoms with E-state index < -0.39 is 28.7 Å². The molecule has 2 aromatic rings. The summed E-state index contributed by atoms with van der Waals surface area (Å²) < 4.78 is 6.69. The number of carboxylic acids is 1. The Balaban J connectivity index is 1.45. The van der Waals surface area contributed by atoms with Crippen LogP contribution in [0, 0.1) is 5.41 Å². The Bertz CT molecular complexity index is 1240. The second kappa shape index (κ2) is 11.2. The zero-order valence-corrected chi connectivity index (χ0v) is 21.7. The molecule has 37 heavy (non-hydrogen) atoms. The molecule has 3 atom stereocenters. The first-order valence-electron chi connectivity index (χ1n) is 11.1. The Kier molecular flexibility index (Phi) is 8.02. The van der Waals surface area contributed by atoms with Crippen molar-refractivity contribution in [1.82, 2.24) is 30.4 Å². The van der Waals surface area contributed by atoms with E-state index in [-0.39, 0.29) is 36.3 Å². The molecular weight excluding hydrogens is 522 g/mol. The van der Waals surface area contributed by atoms with Gasteiger partial charge in [-0.1, -0.05) is 41.7 Å². The van der Waals surface area contributed by atoms with Crippen LogP contribution in [-0.4, -0.2) is 96.9 Å². The third-order valence-electron chi connectivity index (χ3n) is 5.85. The van der Waals surface area contributed by atoms with Crippen LogP contribution in [0.1, 0.15) is 5.56 Å². The third-order valence-corrected chi connectivity index (χ3v) is 8.74. The van der Waals surface area contributed by atoms with Crippen LogP contribution in [0.2, 0.25) is 0 Å². The predicted octanol–water partition coefficient (Wildman–Crippen LogP) is 0.389. The Labute approximate surface area is 220 Å². The summed E-state index contributed by atoms with van der Waals surface area (Å²) in [6.45, 7) is 3.67. The number of hydrogen-bond donors (Lipinski definition) is 2. The number of nitrogens with one attached hydrogen (secondary N) is 1. The molecule has 196 valence electrons. The van der Waals surface area contributed by atoms with Crippen LogP contribution >= 0.6 is 23.5 Å². The van der Waals surface area contributed by atoms with Crippen LogP contribution < -0.4 is 10.1 Å². The number of amides is 2. The van der Waals surface area contributed by atoms with Crippen LogP contribution in [-0.2, 0) is 26.3 Å². The molecule has 0 saturated carbocycles. The van der Waals surface area contributed by atoms with E-state index in [0.717, 1.165) is 0 Å². The van der Waals surface area contributed by atoms with E-state index in [1.165, 1.54) is 46.3 Å². The predicted molar refractivity (Wildman–Crippen MR) is 135 cm³/mol. The fourth-order valence-electron chi connectivity index (χ4n) is 3.81. The molecule has 3 heterocycles. The number of benzene rings is 1. The Morgan fingerprint density at radius 3 is 2.95 bits per heavy atom. The molecule has 2 N–H and O–H groups in total. The fourth-order valence-corrected chi connectivity index (χ4v) is 6.52. The van der Waals surface area contributed by atoms with Crippen molar-refractivity contribution in [2.45, 2.75) is 16.6 Å². The number of aryl methyl sites for hydroxylation is 1. The average molecular weight is 548 g/mol. The van der Waals surface area contributed by atoms with Crippen molar-refractivity contribution in [3.63, 3.8) is 0 Å². The van der Waals surface area contributed by atoms with Gasteiger partial charge in [0, 0.05) is 30.7 Å². The second-order valence-corrected chi connectivity index (χ2v) is 10.4. The summed E-state index contributed by atoms with van der Waals surface area (Å²) >= 11 is 2.53. The van der Waals surface area contributed by atoms with Crippen molar-refractivity contribution in [3.8, 4) is 5.75 Å². The van der Waals surface area contributed by atoms with Gasteiger partial charge in [0.25, 0.3) is 5.91 Å². The molecule has 2 aliphatic heterocycles. The fraction of sp³-hybridized carbons (Fsp3) is 0.409. The minimum Gasteiger partial charge on any atom is -0.497 e. The number of oxime groups is 1. The van der Waals surface area contributed by atoms with Crippen LogP contribution in [0.4, 0.5) is 0 Å². The number of carbonyl (C=O) groups is 3. The van der Waals surface area contributed by atoms with Crippen LogP contribution in [0.5, 0.6) is 5.75 Å². The highest BCUT2D eigenvalue weighted by molar-refractivity contribution is 8.00. The lowest BCUT2D eigenvalue weighted by molar-refractivity contribution is -0.157. The van der Waals surface area contributed by atoms with Gasteiger partial charge in [0.05, 0.1) is 7.11 Å². The summed E-state index contributed by atoms with van der Waals surface area (Å²) in [5.41, 5.74) is -0.767. The number of carboxylic acid groups (broad SMARTS) is 1. The van der Waals surface area contributed by atoms with Gasteiger partial charge in [-0.05, 0) is 22.6 Å². The standard InChI is InChI=1S/C22H25N7O6S2/c1-4-8-35-25-15(13-6-5-7-14(9-13)34-3)17(30)23-16-18(31)29-10-22(20(32)33,11-36-19(16)29)12-37-21-24-26-27-28(21)2/h4-7,9,16,19H,1,8,10-12H2,2-3H3,(H,23,30)(H,32,33)/t16?,19-,22?/m1/s1. The number of thioether (sulfide) groups is 2. The highest BCUT2D eigenvalue weighted by atomic mass is 32.2. The number of tetrazole rings is 1. The SMILES string of the molecule is C=CCON=C(C(=O)NC1C(=O)N2CC(CSc3nnnn3C)(C(=O)O)CS[C@H]12)c1cccc(OC)c1. The molecule has 0 radical (unpaired) electrons. The number of hydrogen-bond acceptors (Lipinski definition) is 11. The van der Waals surface area contributed by atoms with E-state index in [0.29, 0.717) is 16.5 Å². The van der Waals surface area contributed by atoms with Crippen molar-refractivity contribution in [2.75, 3.05) is 31.8 Å². The second-order valence-electron chi connectivity index (χ2n) is 8.33.